The van der Waals surface area contributed by atoms with Crippen LogP contribution < -0.4 is 15.2 Å². The molecule has 0 spiro atoms. The van der Waals surface area contributed by atoms with Gasteiger partial charge in [0.1, 0.15) is 18.0 Å². The summed E-state index contributed by atoms with van der Waals surface area (Å²) in [4.78, 5) is 28.8. The van der Waals surface area contributed by atoms with Gasteiger partial charge in [0, 0.05) is 44.0 Å². The van der Waals surface area contributed by atoms with Crippen LogP contribution in [0.4, 0.5) is 5.69 Å². The maximum atomic E-state index is 12.7. The molecule has 0 bridgehead atoms. The first kappa shape index (κ1) is 18.8. The molecule has 1 aliphatic heterocycles. The molecule has 2 aromatic heterocycles. The Balaban J connectivity index is 1.40. The quantitative estimate of drug-likeness (QED) is 0.657. The second-order valence-electron chi connectivity index (χ2n) is 6.76. The van der Waals surface area contributed by atoms with Crippen molar-refractivity contribution in [3.05, 3.63) is 65.1 Å². The molecule has 0 unspecified atom stereocenters. The molecule has 1 amide bonds. The largest absolute Gasteiger partial charge is 0.497 e. The van der Waals surface area contributed by atoms with E-state index in [2.05, 4.69) is 10.00 Å². The molecule has 3 aromatic rings. The van der Waals surface area contributed by atoms with E-state index < -0.39 is 0 Å². The number of furan rings is 1. The monoisotopic (exact) mass is 394 g/mol. The Morgan fingerprint density at radius 2 is 1.93 bits per heavy atom. The second kappa shape index (κ2) is 8.22. The molecule has 1 saturated heterocycles. The van der Waals surface area contributed by atoms with Gasteiger partial charge in [-0.1, -0.05) is 6.07 Å². The Kier molecular flexibility index (Phi) is 5.33. The highest BCUT2D eigenvalue weighted by Crippen LogP contribution is 2.22. The first-order chi connectivity index (χ1) is 14.1. The average Bonchev–Trinajstić information content (AvgIpc) is 3.30. The van der Waals surface area contributed by atoms with Gasteiger partial charge in [-0.15, -0.1) is 0 Å². The number of rotatable bonds is 5. The third-order valence-corrected chi connectivity index (χ3v) is 4.98. The molecule has 29 heavy (non-hydrogen) atoms. The molecule has 4 rings (SSSR count). The van der Waals surface area contributed by atoms with Gasteiger partial charge in [-0.2, -0.15) is 5.10 Å². The van der Waals surface area contributed by atoms with Crippen LogP contribution in [0.15, 0.2) is 64.0 Å². The Labute approximate surface area is 167 Å². The van der Waals surface area contributed by atoms with E-state index in [9.17, 15) is 9.59 Å². The van der Waals surface area contributed by atoms with Crippen molar-refractivity contribution in [1.29, 1.82) is 0 Å². The maximum Gasteiger partial charge on any atom is 0.267 e. The SMILES string of the molecule is COc1cccc(N2CCN(C(=O)Cn3nc(-c4ccco4)ccc3=O)CC2)c1. The molecule has 0 N–H and O–H groups in total. The molecule has 150 valence electrons. The lowest BCUT2D eigenvalue weighted by molar-refractivity contribution is -0.132. The molecule has 8 heteroatoms. The number of aromatic nitrogens is 2. The smallest absolute Gasteiger partial charge is 0.267 e. The zero-order valence-corrected chi connectivity index (χ0v) is 16.2. The molecule has 0 saturated carbocycles. The Morgan fingerprint density at radius 3 is 2.66 bits per heavy atom. The van der Waals surface area contributed by atoms with Gasteiger partial charge in [0.05, 0.1) is 13.4 Å². The highest BCUT2D eigenvalue weighted by molar-refractivity contribution is 5.76. The van der Waals surface area contributed by atoms with E-state index in [4.69, 9.17) is 9.15 Å². The Bertz CT molecular complexity index is 1040. The van der Waals surface area contributed by atoms with E-state index in [-0.39, 0.29) is 18.0 Å². The van der Waals surface area contributed by atoms with Gasteiger partial charge in [0.25, 0.3) is 5.56 Å². The number of benzene rings is 1. The van der Waals surface area contributed by atoms with Crippen LogP contribution in [0.1, 0.15) is 0 Å². The summed E-state index contributed by atoms with van der Waals surface area (Å²) in [6, 6.07) is 14.4. The van der Waals surface area contributed by atoms with Crippen molar-refractivity contribution >= 4 is 11.6 Å². The van der Waals surface area contributed by atoms with Crippen LogP contribution in [-0.2, 0) is 11.3 Å². The maximum absolute atomic E-state index is 12.7. The van der Waals surface area contributed by atoms with Gasteiger partial charge >= 0.3 is 0 Å². The van der Waals surface area contributed by atoms with E-state index in [0.29, 0.717) is 37.6 Å². The normalized spacial score (nSPS) is 14.1. The van der Waals surface area contributed by atoms with Crippen molar-refractivity contribution in [2.45, 2.75) is 6.54 Å². The van der Waals surface area contributed by atoms with Gasteiger partial charge in [-0.05, 0) is 30.3 Å². The third kappa shape index (κ3) is 4.16. The number of carbonyl (C=O) groups excluding carboxylic acids is 1. The minimum absolute atomic E-state index is 0.0907. The van der Waals surface area contributed by atoms with Gasteiger partial charge in [0.2, 0.25) is 5.91 Å². The first-order valence-corrected chi connectivity index (χ1v) is 9.43. The Hall–Kier alpha value is -3.55. The number of anilines is 1. The number of methoxy groups -OCH3 is 1. The lowest BCUT2D eigenvalue weighted by atomic mass is 10.2. The van der Waals surface area contributed by atoms with Crippen molar-refractivity contribution in [3.8, 4) is 17.2 Å². The molecule has 1 aromatic carbocycles. The van der Waals surface area contributed by atoms with E-state index in [0.717, 1.165) is 11.4 Å². The predicted molar refractivity (Wildman–Crippen MR) is 108 cm³/mol. The van der Waals surface area contributed by atoms with Crippen molar-refractivity contribution in [3.63, 3.8) is 0 Å². The molecule has 1 fully saturated rings. The molecule has 3 heterocycles. The summed E-state index contributed by atoms with van der Waals surface area (Å²) in [5.41, 5.74) is 1.27. The lowest BCUT2D eigenvalue weighted by Gasteiger charge is -2.36. The molecule has 0 atom stereocenters. The van der Waals surface area contributed by atoms with Crippen LogP contribution >= 0.6 is 0 Å². The molecule has 0 aliphatic carbocycles. The number of piperazine rings is 1. The zero-order valence-electron chi connectivity index (χ0n) is 16.2. The predicted octanol–water partition coefficient (Wildman–Crippen LogP) is 1.86. The summed E-state index contributed by atoms with van der Waals surface area (Å²) in [5.74, 6) is 1.24. The van der Waals surface area contributed by atoms with E-state index >= 15 is 0 Å². The van der Waals surface area contributed by atoms with Crippen molar-refractivity contribution < 1.29 is 13.9 Å². The van der Waals surface area contributed by atoms with Crippen LogP contribution in [0, 0.1) is 0 Å². The second-order valence-corrected chi connectivity index (χ2v) is 6.76. The van der Waals surface area contributed by atoms with Crippen molar-refractivity contribution in [2.75, 3.05) is 38.2 Å². The number of ether oxygens (including phenoxy) is 1. The fourth-order valence-corrected chi connectivity index (χ4v) is 3.37. The number of amides is 1. The third-order valence-electron chi connectivity index (χ3n) is 4.98. The summed E-state index contributed by atoms with van der Waals surface area (Å²) in [6.45, 7) is 2.51. The van der Waals surface area contributed by atoms with Gasteiger partial charge in [-0.3, -0.25) is 9.59 Å². The average molecular weight is 394 g/mol. The highest BCUT2D eigenvalue weighted by Gasteiger charge is 2.22. The topological polar surface area (TPSA) is 80.8 Å². The molecular formula is C21H22N4O4. The van der Waals surface area contributed by atoms with Gasteiger partial charge in [-0.25, -0.2) is 4.68 Å². The van der Waals surface area contributed by atoms with Crippen LogP contribution in [0.25, 0.3) is 11.5 Å². The van der Waals surface area contributed by atoms with Crippen LogP contribution in [0.5, 0.6) is 5.75 Å². The minimum Gasteiger partial charge on any atom is -0.497 e. The zero-order chi connectivity index (χ0) is 20.2. The summed E-state index contributed by atoms with van der Waals surface area (Å²) in [5, 5.41) is 4.27. The standard InChI is InChI=1S/C21H22N4O4/c1-28-17-5-2-4-16(14-17)23-9-11-24(12-10-23)21(27)15-25-20(26)8-7-18(22-25)19-6-3-13-29-19/h2-8,13-14H,9-12,15H2,1H3. The van der Waals surface area contributed by atoms with Crippen molar-refractivity contribution in [2.24, 2.45) is 0 Å². The Morgan fingerprint density at radius 1 is 1.10 bits per heavy atom. The van der Waals surface area contributed by atoms with Gasteiger partial charge in [0.15, 0.2) is 5.76 Å². The summed E-state index contributed by atoms with van der Waals surface area (Å²) in [6.07, 6.45) is 1.54. The van der Waals surface area contributed by atoms with E-state index in [1.54, 1.807) is 36.5 Å². The summed E-state index contributed by atoms with van der Waals surface area (Å²) in [7, 11) is 1.65. The lowest BCUT2D eigenvalue weighted by Crippen LogP contribution is -2.50. The number of carbonyl (C=O) groups is 1. The number of hydrogen-bond donors (Lipinski definition) is 0. The van der Waals surface area contributed by atoms with Gasteiger partial charge < -0.3 is 19.0 Å². The number of nitrogens with zero attached hydrogens (tertiary/aromatic N) is 4. The van der Waals surface area contributed by atoms with Crippen LogP contribution in [0.3, 0.4) is 0 Å². The molecule has 1 aliphatic rings. The van der Waals surface area contributed by atoms with Crippen LogP contribution in [0.2, 0.25) is 0 Å². The minimum atomic E-state index is -0.316. The summed E-state index contributed by atoms with van der Waals surface area (Å²) < 4.78 is 11.8. The fraction of sp³-hybridized carbons (Fsp3) is 0.286. The molecule has 0 radical (unpaired) electrons. The number of hydrogen-bond acceptors (Lipinski definition) is 6. The van der Waals surface area contributed by atoms with Crippen molar-refractivity contribution in [1.82, 2.24) is 14.7 Å². The fourth-order valence-electron chi connectivity index (χ4n) is 3.37. The molecule has 8 nitrogen and oxygen atoms in total. The van der Waals surface area contributed by atoms with E-state index in [1.165, 1.54) is 10.7 Å². The highest BCUT2D eigenvalue weighted by atomic mass is 16.5. The molecular weight excluding hydrogens is 372 g/mol. The summed E-state index contributed by atoms with van der Waals surface area (Å²) >= 11 is 0. The first-order valence-electron chi connectivity index (χ1n) is 9.43. The van der Waals surface area contributed by atoms with E-state index in [1.807, 2.05) is 24.3 Å². The van der Waals surface area contributed by atoms with Crippen LogP contribution in [-0.4, -0.2) is 53.9 Å².